The van der Waals surface area contributed by atoms with E-state index in [9.17, 15) is 17.6 Å². The number of hydrogen-bond donors (Lipinski definition) is 1. The molecule has 168 valence electrons. The van der Waals surface area contributed by atoms with Gasteiger partial charge in [0.25, 0.3) is 10.0 Å². The fourth-order valence-electron chi connectivity index (χ4n) is 3.68. The minimum absolute atomic E-state index is 0.0849. The molecule has 0 radical (unpaired) electrons. The highest BCUT2D eigenvalue weighted by molar-refractivity contribution is 7.99. The van der Waals surface area contributed by atoms with Crippen molar-refractivity contribution >= 4 is 44.7 Å². The van der Waals surface area contributed by atoms with Crippen molar-refractivity contribution in [2.75, 3.05) is 15.4 Å². The molecule has 0 spiro atoms. The zero-order valence-corrected chi connectivity index (χ0v) is 18.8. The van der Waals surface area contributed by atoms with E-state index in [1.54, 1.807) is 41.2 Å². The van der Waals surface area contributed by atoms with Crippen LogP contribution in [0.25, 0.3) is 5.65 Å². The molecule has 2 aromatic heterocycles. The summed E-state index contributed by atoms with van der Waals surface area (Å²) in [6.45, 7) is 0. The lowest BCUT2D eigenvalue weighted by atomic mass is 10.1. The molecular formula is C22H18FN5O3S2. The first kappa shape index (κ1) is 21.4. The summed E-state index contributed by atoms with van der Waals surface area (Å²) in [5.74, 6) is -0.512. The Morgan fingerprint density at radius 1 is 1.06 bits per heavy atom. The summed E-state index contributed by atoms with van der Waals surface area (Å²) >= 11 is 1.42. The first-order valence-electron chi connectivity index (χ1n) is 10.1. The molecule has 1 unspecified atom stereocenters. The number of aromatic nitrogens is 3. The lowest BCUT2D eigenvalue weighted by Crippen LogP contribution is -2.51. The maximum Gasteiger partial charge on any atom is 0.265 e. The molecule has 5 rings (SSSR count). The average molecular weight is 484 g/mol. The minimum Gasteiger partial charge on any atom is -0.322 e. The number of benzene rings is 2. The Morgan fingerprint density at radius 3 is 2.67 bits per heavy atom. The predicted molar refractivity (Wildman–Crippen MR) is 123 cm³/mol. The Labute approximate surface area is 193 Å². The van der Waals surface area contributed by atoms with Gasteiger partial charge in [-0.3, -0.25) is 9.10 Å². The van der Waals surface area contributed by atoms with Crippen LogP contribution in [0.5, 0.6) is 0 Å². The minimum atomic E-state index is -4.12. The molecule has 0 saturated carbocycles. The Bertz CT molecular complexity index is 1440. The number of carbonyl (C=O) groups is 1. The molecule has 11 heteroatoms. The van der Waals surface area contributed by atoms with E-state index in [-0.39, 0.29) is 11.3 Å². The third-order valence-corrected chi connectivity index (χ3v) is 8.02. The van der Waals surface area contributed by atoms with Crippen LogP contribution >= 0.6 is 11.8 Å². The zero-order valence-electron chi connectivity index (χ0n) is 17.1. The van der Waals surface area contributed by atoms with Crippen LogP contribution in [0.4, 0.5) is 15.8 Å². The van der Waals surface area contributed by atoms with Crippen LogP contribution in [0, 0.1) is 5.82 Å². The summed E-state index contributed by atoms with van der Waals surface area (Å²) in [5, 5.41) is 7.97. The van der Waals surface area contributed by atoms with Crippen LogP contribution < -0.4 is 9.62 Å². The van der Waals surface area contributed by atoms with E-state index in [2.05, 4.69) is 15.4 Å². The van der Waals surface area contributed by atoms with Gasteiger partial charge in [-0.25, -0.2) is 22.3 Å². The second-order valence-electron chi connectivity index (χ2n) is 7.32. The van der Waals surface area contributed by atoms with Gasteiger partial charge >= 0.3 is 0 Å². The van der Waals surface area contributed by atoms with Gasteiger partial charge in [0.1, 0.15) is 16.9 Å². The third kappa shape index (κ3) is 4.05. The molecule has 1 atom stereocenters. The number of nitrogens with zero attached hydrogens (tertiary/aromatic N) is 4. The first-order valence-corrected chi connectivity index (χ1v) is 12.5. The second-order valence-corrected chi connectivity index (χ2v) is 10.2. The number of carbonyl (C=O) groups excluding carboxylic acids is 1. The van der Waals surface area contributed by atoms with E-state index in [0.717, 1.165) is 27.1 Å². The van der Waals surface area contributed by atoms with Crippen molar-refractivity contribution in [2.24, 2.45) is 0 Å². The van der Waals surface area contributed by atoms with Crippen molar-refractivity contribution in [3.63, 3.8) is 0 Å². The normalized spacial score (nSPS) is 16.0. The van der Waals surface area contributed by atoms with Gasteiger partial charge in [0.05, 0.1) is 16.3 Å². The highest BCUT2D eigenvalue weighted by Gasteiger charge is 2.40. The van der Waals surface area contributed by atoms with Gasteiger partial charge in [-0.05, 0) is 55.0 Å². The standard InChI is InChI=1S/C22H18FN5O3S2/c23-15-5-7-16(8-6-15)33(30,31)28-18-4-2-1-3-17(18)25-22(29)19(28)11-14-32-21-10-9-20-24-12-13-27(20)26-21/h1-10,12-13,19H,11,14H2,(H,25,29). The van der Waals surface area contributed by atoms with Crippen LogP contribution in [0.15, 0.2) is 83.0 Å². The molecule has 4 aromatic rings. The largest absolute Gasteiger partial charge is 0.322 e. The smallest absolute Gasteiger partial charge is 0.265 e. The predicted octanol–water partition coefficient (Wildman–Crippen LogP) is 3.57. The van der Waals surface area contributed by atoms with Gasteiger partial charge in [-0.15, -0.1) is 11.8 Å². The lowest BCUT2D eigenvalue weighted by molar-refractivity contribution is -0.117. The summed E-state index contributed by atoms with van der Waals surface area (Å²) in [4.78, 5) is 17.0. The maximum atomic E-state index is 13.6. The zero-order chi connectivity index (χ0) is 23.0. The summed E-state index contributed by atoms with van der Waals surface area (Å²) in [5.41, 5.74) is 1.50. The molecular weight excluding hydrogens is 465 g/mol. The number of hydrogen-bond acceptors (Lipinski definition) is 6. The van der Waals surface area contributed by atoms with Crippen LogP contribution in [0.2, 0.25) is 0 Å². The first-order chi connectivity index (χ1) is 15.9. The topological polar surface area (TPSA) is 96.7 Å². The molecule has 1 N–H and O–H groups in total. The molecule has 8 nitrogen and oxygen atoms in total. The fourth-order valence-corrected chi connectivity index (χ4v) is 6.20. The maximum absolute atomic E-state index is 13.6. The van der Waals surface area contributed by atoms with Crippen molar-refractivity contribution in [1.82, 2.24) is 14.6 Å². The van der Waals surface area contributed by atoms with Crippen molar-refractivity contribution in [3.8, 4) is 0 Å². The van der Waals surface area contributed by atoms with Gasteiger partial charge in [-0.1, -0.05) is 12.1 Å². The van der Waals surface area contributed by atoms with Gasteiger partial charge in [0.15, 0.2) is 5.65 Å². The molecule has 33 heavy (non-hydrogen) atoms. The molecule has 3 heterocycles. The number of rotatable bonds is 6. The number of amides is 1. The van der Waals surface area contributed by atoms with Crippen molar-refractivity contribution in [3.05, 3.63) is 78.9 Å². The quantitative estimate of drug-likeness (QED) is 0.421. The van der Waals surface area contributed by atoms with E-state index in [0.29, 0.717) is 17.1 Å². The Kier molecular flexibility index (Phi) is 5.51. The summed E-state index contributed by atoms with van der Waals surface area (Å²) in [7, 11) is -4.12. The van der Waals surface area contributed by atoms with Crippen LogP contribution in [0.1, 0.15) is 6.42 Å². The SMILES string of the molecule is O=C1Nc2ccccc2N(S(=O)(=O)c2ccc(F)cc2)C1CCSc1ccc2nccn2n1. The molecule has 0 aliphatic carbocycles. The van der Waals surface area contributed by atoms with Gasteiger partial charge in [0, 0.05) is 18.1 Å². The Morgan fingerprint density at radius 2 is 1.85 bits per heavy atom. The Hall–Kier alpha value is -3.44. The molecule has 0 bridgehead atoms. The number of fused-ring (bicyclic) bond motifs is 2. The molecule has 1 aliphatic heterocycles. The van der Waals surface area contributed by atoms with E-state index in [1.807, 2.05) is 12.1 Å². The number of imidazole rings is 1. The monoisotopic (exact) mass is 483 g/mol. The number of sulfonamides is 1. The number of anilines is 2. The molecule has 1 aliphatic rings. The Balaban J connectivity index is 1.45. The second kappa shape index (κ2) is 8.49. The fraction of sp³-hybridized carbons (Fsp3) is 0.136. The van der Waals surface area contributed by atoms with E-state index < -0.39 is 27.8 Å². The number of halogens is 1. The van der Waals surface area contributed by atoms with E-state index in [4.69, 9.17) is 0 Å². The van der Waals surface area contributed by atoms with Crippen molar-refractivity contribution < 1.29 is 17.6 Å². The highest BCUT2D eigenvalue weighted by Crippen LogP contribution is 2.37. The summed E-state index contributed by atoms with van der Waals surface area (Å²) in [6, 6.07) is 14.0. The van der Waals surface area contributed by atoms with Crippen molar-refractivity contribution in [1.29, 1.82) is 0 Å². The number of thioether (sulfide) groups is 1. The third-order valence-electron chi connectivity index (χ3n) is 5.23. The van der Waals surface area contributed by atoms with Crippen LogP contribution in [0.3, 0.4) is 0 Å². The average Bonchev–Trinajstić information content (AvgIpc) is 3.27. The highest BCUT2D eigenvalue weighted by atomic mass is 32.2. The van der Waals surface area contributed by atoms with E-state index in [1.165, 1.54) is 23.9 Å². The molecule has 2 aromatic carbocycles. The van der Waals surface area contributed by atoms with Crippen molar-refractivity contribution in [2.45, 2.75) is 22.4 Å². The lowest BCUT2D eigenvalue weighted by Gasteiger charge is -2.37. The van der Waals surface area contributed by atoms with Gasteiger partial charge in [0.2, 0.25) is 5.91 Å². The van der Waals surface area contributed by atoms with Gasteiger partial charge < -0.3 is 5.32 Å². The number of para-hydroxylation sites is 2. The van der Waals surface area contributed by atoms with E-state index >= 15 is 0 Å². The summed E-state index contributed by atoms with van der Waals surface area (Å²) in [6.07, 6.45) is 3.63. The van der Waals surface area contributed by atoms with Crippen LogP contribution in [-0.4, -0.2) is 40.7 Å². The summed E-state index contributed by atoms with van der Waals surface area (Å²) < 4.78 is 43.3. The molecule has 1 amide bonds. The molecule has 0 saturated heterocycles. The number of nitrogens with one attached hydrogen (secondary N) is 1. The molecule has 0 fully saturated rings. The van der Waals surface area contributed by atoms with Gasteiger partial charge in [-0.2, -0.15) is 5.10 Å². The van der Waals surface area contributed by atoms with Crippen LogP contribution in [-0.2, 0) is 14.8 Å².